The highest BCUT2D eigenvalue weighted by atomic mass is 16.5. The number of H-pyrrole nitrogens is 2. The van der Waals surface area contributed by atoms with E-state index in [0.717, 1.165) is 157 Å². The molecule has 0 radical (unpaired) electrons. The van der Waals surface area contributed by atoms with Gasteiger partial charge in [0.2, 0.25) is 0 Å². The van der Waals surface area contributed by atoms with Crippen LogP contribution in [0.4, 0.5) is 0 Å². The van der Waals surface area contributed by atoms with E-state index in [1.165, 1.54) is 22.3 Å². The van der Waals surface area contributed by atoms with E-state index < -0.39 is 0 Å². The van der Waals surface area contributed by atoms with E-state index in [2.05, 4.69) is 263 Å². The van der Waals surface area contributed by atoms with Crippen LogP contribution in [0.1, 0.15) is 128 Å². The first-order valence-corrected chi connectivity index (χ1v) is 34.1. The summed E-state index contributed by atoms with van der Waals surface area (Å²) in [5.74, 6) is 2.93. The Kier molecular flexibility index (Phi) is 15.9. The summed E-state index contributed by atoms with van der Waals surface area (Å²) in [6, 6.07) is 68.5. The van der Waals surface area contributed by atoms with Crippen molar-refractivity contribution in [2.45, 2.75) is 105 Å². The van der Waals surface area contributed by atoms with Crippen LogP contribution in [-0.2, 0) is 21.7 Å². The summed E-state index contributed by atoms with van der Waals surface area (Å²) in [6.45, 7) is 29.0. The fourth-order valence-corrected chi connectivity index (χ4v) is 13.3. The third kappa shape index (κ3) is 12.7. The smallest absolute Gasteiger partial charge is 0.122 e. The van der Waals surface area contributed by atoms with Crippen LogP contribution in [-0.4, -0.2) is 56.3 Å². The maximum atomic E-state index is 6.41. The quantitative estimate of drug-likeness (QED) is 0.164. The lowest BCUT2D eigenvalue weighted by Gasteiger charge is -2.26. The number of nitrogens with one attached hydrogen (secondary N) is 2. The SMILES string of the molecule is CC(C)(C)c1cc(-c2c3nc(c(-c4cc(C(C)(C)C)cc(C(C)(C)C)c4)c4ccc([nH]4)c4c5nc(c(c6ccc2[nH]6)-c2ccc(cc2)OCCOc2ccc(cc2)-c2ccc6ccc7ccc(nc7c6n2)-c2ccc(cc2)OCCOc2ccc-4cc2)C=C5)C=C3)cc(C(C)(C)C)c1. The number of aromatic amines is 2. The van der Waals surface area contributed by atoms with E-state index >= 15 is 0 Å². The molecular formula is C88H82N6O4. The minimum atomic E-state index is -0.135. The molecule has 0 spiro atoms. The van der Waals surface area contributed by atoms with Crippen molar-refractivity contribution in [1.82, 2.24) is 29.9 Å². The Morgan fingerprint density at radius 3 is 0.796 bits per heavy atom. The molecule has 9 aliphatic rings. The van der Waals surface area contributed by atoms with Crippen molar-refractivity contribution in [3.63, 3.8) is 0 Å². The zero-order valence-electron chi connectivity index (χ0n) is 58.0. The highest BCUT2D eigenvalue weighted by molar-refractivity contribution is 6.05. The molecular weight excluding hydrogens is 1210 g/mol. The van der Waals surface area contributed by atoms with Gasteiger partial charge in [-0.3, -0.25) is 0 Å². The van der Waals surface area contributed by atoms with E-state index in [0.29, 0.717) is 26.4 Å². The normalized spacial score (nSPS) is 13.6. The molecule has 9 aliphatic heterocycles. The van der Waals surface area contributed by atoms with Crippen LogP contribution in [0.15, 0.2) is 194 Å². The number of hydrogen-bond donors (Lipinski definition) is 2. The predicted octanol–water partition coefficient (Wildman–Crippen LogP) is 22.2. The number of ether oxygens (including phenoxy) is 4. The summed E-state index contributed by atoms with van der Waals surface area (Å²) in [7, 11) is 0. The van der Waals surface area contributed by atoms with Crippen molar-refractivity contribution in [2.75, 3.05) is 26.4 Å². The number of nitrogens with zero attached hydrogens (tertiary/aromatic N) is 4. The Morgan fingerprint density at radius 1 is 0.265 bits per heavy atom. The minimum absolute atomic E-state index is 0.135. The molecule has 22 bridgehead atoms. The highest BCUT2D eigenvalue weighted by Crippen LogP contribution is 2.44. The Hall–Kier alpha value is -10.8. The van der Waals surface area contributed by atoms with Crippen LogP contribution in [0, 0.1) is 0 Å². The number of hydrogen-bond acceptors (Lipinski definition) is 8. The molecule has 21 rings (SSSR count). The summed E-state index contributed by atoms with van der Waals surface area (Å²) in [5, 5.41) is 2.04. The van der Waals surface area contributed by atoms with Gasteiger partial charge in [0.1, 0.15) is 49.4 Å². The van der Waals surface area contributed by atoms with Gasteiger partial charge in [0, 0.05) is 66.2 Å². The van der Waals surface area contributed by atoms with Gasteiger partial charge in [-0.15, -0.1) is 0 Å². The molecule has 5 aromatic heterocycles. The molecule has 0 saturated heterocycles. The monoisotopic (exact) mass is 1290 g/mol. The van der Waals surface area contributed by atoms with Crippen molar-refractivity contribution in [1.29, 1.82) is 0 Å². The molecule has 98 heavy (non-hydrogen) atoms. The Balaban J connectivity index is 0.907. The van der Waals surface area contributed by atoms with Crippen LogP contribution in [0.5, 0.6) is 23.0 Å². The van der Waals surface area contributed by atoms with E-state index in [1.807, 2.05) is 48.5 Å². The van der Waals surface area contributed by atoms with Gasteiger partial charge in [-0.25, -0.2) is 19.9 Å². The predicted molar refractivity (Wildman–Crippen MR) is 405 cm³/mol. The van der Waals surface area contributed by atoms with Crippen LogP contribution < -0.4 is 18.9 Å². The summed E-state index contributed by atoms with van der Waals surface area (Å²) in [4.78, 5) is 30.0. The maximum absolute atomic E-state index is 6.41. The number of benzene rings is 7. The lowest BCUT2D eigenvalue weighted by molar-refractivity contribution is 0.217. The molecule has 488 valence electrons. The van der Waals surface area contributed by atoms with Gasteiger partial charge in [0.25, 0.3) is 0 Å². The Bertz CT molecular complexity index is 4940. The maximum Gasteiger partial charge on any atom is 0.122 e. The Labute approximate surface area is 574 Å². The van der Waals surface area contributed by atoms with Gasteiger partial charge >= 0.3 is 0 Å². The zero-order valence-corrected chi connectivity index (χ0v) is 58.0. The molecule has 0 aliphatic carbocycles. The number of aromatic nitrogens is 6. The van der Waals surface area contributed by atoms with E-state index in [1.54, 1.807) is 0 Å². The number of fused-ring (bicyclic) bond motifs is 6. The second kappa shape index (κ2) is 24.7. The molecule has 0 fully saturated rings. The second-order valence-corrected chi connectivity index (χ2v) is 30.2. The fourth-order valence-electron chi connectivity index (χ4n) is 13.3. The molecule has 12 aromatic rings. The lowest BCUT2D eigenvalue weighted by Crippen LogP contribution is -2.16. The van der Waals surface area contributed by atoms with Crippen LogP contribution in [0.3, 0.4) is 0 Å². The summed E-state index contributed by atoms with van der Waals surface area (Å²) >= 11 is 0. The van der Waals surface area contributed by atoms with Crippen molar-refractivity contribution < 1.29 is 18.9 Å². The molecule has 2 N–H and O–H groups in total. The molecule has 7 aromatic carbocycles. The third-order valence-electron chi connectivity index (χ3n) is 19.0. The first kappa shape index (κ1) is 63.2. The van der Waals surface area contributed by atoms with E-state index in [-0.39, 0.29) is 21.7 Å². The minimum Gasteiger partial charge on any atom is -0.490 e. The van der Waals surface area contributed by atoms with Gasteiger partial charge in [0.05, 0.1) is 45.2 Å². The first-order valence-electron chi connectivity index (χ1n) is 34.1. The lowest BCUT2D eigenvalue weighted by atomic mass is 9.78. The first-order chi connectivity index (χ1) is 47.0. The molecule has 0 unspecified atom stereocenters. The van der Waals surface area contributed by atoms with Crippen LogP contribution >= 0.6 is 0 Å². The van der Waals surface area contributed by atoms with Gasteiger partial charge in [-0.1, -0.05) is 168 Å². The standard InChI is InChI=1S/C88H82N6O4/c1-85(2,3)61-47-59(48-62(51-61)86(4,5)6)81-75-39-37-73(90-75)79-55-19-29-67(30-20-55)97-45-43-95-65-25-15-53(16-26-65)69-33-23-57-13-14-58-24-34-70(94-84(58)83(57)93-69)54-17-27-66(28-18-54)96-44-46-98-68-31-21-56(22-32-68)80(72-36-35-71(79)89-72)74-38-40-76(91-74)82(78-42-41-77(81)92-78)60-49-63(87(7,8)9)52-64(50-60)88(10,11)12/h13-42,47-52,90-91H,43-46H2,1-12H3. The molecule has 10 heteroatoms. The summed E-state index contributed by atoms with van der Waals surface area (Å²) < 4.78 is 25.4. The number of pyridine rings is 2. The van der Waals surface area contributed by atoms with Crippen molar-refractivity contribution in [3.05, 3.63) is 239 Å². The zero-order chi connectivity index (χ0) is 67.8. The summed E-state index contributed by atoms with van der Waals surface area (Å²) in [6.07, 6.45) is 8.71. The van der Waals surface area contributed by atoms with E-state index in [9.17, 15) is 0 Å². The topological polar surface area (TPSA) is 120 Å². The van der Waals surface area contributed by atoms with Crippen molar-refractivity contribution in [2.24, 2.45) is 0 Å². The van der Waals surface area contributed by atoms with Crippen LogP contribution in [0.25, 0.3) is 135 Å². The molecule has 10 nitrogen and oxygen atoms in total. The third-order valence-corrected chi connectivity index (χ3v) is 19.0. The molecule has 0 amide bonds. The molecule has 0 saturated carbocycles. The average molecular weight is 1290 g/mol. The van der Waals surface area contributed by atoms with Gasteiger partial charge in [-0.05, 0) is 200 Å². The van der Waals surface area contributed by atoms with Crippen LogP contribution in [0.2, 0.25) is 0 Å². The van der Waals surface area contributed by atoms with E-state index in [4.69, 9.17) is 38.9 Å². The highest BCUT2D eigenvalue weighted by Gasteiger charge is 2.27. The fraction of sp³-hybridized carbons (Fsp3) is 0.227. The summed E-state index contributed by atoms with van der Waals surface area (Å²) in [5.41, 5.74) is 24.9. The van der Waals surface area contributed by atoms with Gasteiger partial charge in [-0.2, -0.15) is 0 Å². The van der Waals surface area contributed by atoms with Gasteiger partial charge < -0.3 is 28.9 Å². The second-order valence-electron chi connectivity index (χ2n) is 30.2. The average Bonchev–Trinajstić information content (AvgIpc) is 1.48. The number of rotatable bonds is 2. The Morgan fingerprint density at radius 2 is 0.520 bits per heavy atom. The largest absolute Gasteiger partial charge is 0.490 e. The van der Waals surface area contributed by atoms with Crippen molar-refractivity contribution in [3.8, 4) is 90.0 Å². The molecule has 14 heterocycles. The molecule has 0 atom stereocenters. The van der Waals surface area contributed by atoms with Crippen molar-refractivity contribution >= 4 is 68.2 Å². The van der Waals surface area contributed by atoms with Gasteiger partial charge in [0.15, 0.2) is 0 Å².